The standard InChI is InChI=1S/C12H15ClFN/c1-3-15-9(2)7-8-10-5-4-6-11(13)12(10)14/h4-9,15H,3H2,1-2H3/b8-7+. The van der Waals surface area contributed by atoms with E-state index < -0.39 is 0 Å². The second-order valence-electron chi connectivity index (χ2n) is 3.35. The van der Waals surface area contributed by atoms with Crippen LogP contribution in [0.4, 0.5) is 4.39 Å². The molecule has 0 amide bonds. The van der Waals surface area contributed by atoms with Crippen molar-refractivity contribution in [3.8, 4) is 0 Å². The van der Waals surface area contributed by atoms with Gasteiger partial charge in [0.1, 0.15) is 5.82 Å². The summed E-state index contributed by atoms with van der Waals surface area (Å²) in [6, 6.07) is 5.22. The first-order valence-electron chi connectivity index (χ1n) is 5.00. The normalized spacial score (nSPS) is 13.3. The quantitative estimate of drug-likeness (QED) is 0.831. The third-order valence-corrected chi connectivity index (χ3v) is 2.36. The summed E-state index contributed by atoms with van der Waals surface area (Å²) in [6.45, 7) is 4.94. The van der Waals surface area contributed by atoms with Gasteiger partial charge in [0.15, 0.2) is 0 Å². The molecule has 0 radical (unpaired) electrons. The molecule has 0 aromatic heterocycles. The van der Waals surface area contributed by atoms with Gasteiger partial charge < -0.3 is 5.32 Å². The highest BCUT2D eigenvalue weighted by Gasteiger charge is 2.02. The molecule has 0 spiro atoms. The second-order valence-corrected chi connectivity index (χ2v) is 3.76. The highest BCUT2D eigenvalue weighted by atomic mass is 35.5. The Balaban J connectivity index is 2.76. The van der Waals surface area contributed by atoms with Gasteiger partial charge in [-0.1, -0.05) is 42.8 Å². The van der Waals surface area contributed by atoms with Crippen LogP contribution in [0.5, 0.6) is 0 Å². The summed E-state index contributed by atoms with van der Waals surface area (Å²) in [7, 11) is 0. The van der Waals surface area contributed by atoms with Crippen molar-refractivity contribution in [2.45, 2.75) is 19.9 Å². The molecule has 3 heteroatoms. The predicted molar refractivity (Wildman–Crippen MR) is 63.6 cm³/mol. The molecule has 0 bridgehead atoms. The highest BCUT2D eigenvalue weighted by molar-refractivity contribution is 6.30. The van der Waals surface area contributed by atoms with Gasteiger partial charge in [0.05, 0.1) is 5.02 Å². The second kappa shape index (κ2) is 5.89. The molecule has 1 aromatic rings. The Labute approximate surface area is 95.0 Å². The number of nitrogens with one attached hydrogen (secondary N) is 1. The summed E-state index contributed by atoms with van der Waals surface area (Å²) in [5.41, 5.74) is 0.521. The summed E-state index contributed by atoms with van der Waals surface area (Å²) >= 11 is 5.67. The van der Waals surface area contributed by atoms with Crippen LogP contribution in [-0.2, 0) is 0 Å². The molecule has 1 rings (SSSR count). The molecule has 0 heterocycles. The predicted octanol–water partition coefficient (Wildman–Crippen LogP) is 3.49. The van der Waals surface area contributed by atoms with Crippen molar-refractivity contribution in [2.75, 3.05) is 6.54 Å². The summed E-state index contributed by atoms with van der Waals surface area (Å²) < 4.78 is 13.4. The maximum atomic E-state index is 13.4. The van der Waals surface area contributed by atoms with E-state index in [1.54, 1.807) is 24.3 Å². The molecule has 1 nitrogen and oxygen atoms in total. The van der Waals surface area contributed by atoms with Crippen LogP contribution in [0.15, 0.2) is 24.3 Å². The molecule has 1 N–H and O–H groups in total. The fourth-order valence-corrected chi connectivity index (χ4v) is 1.47. The van der Waals surface area contributed by atoms with Gasteiger partial charge in [0, 0.05) is 11.6 Å². The minimum Gasteiger partial charge on any atom is -0.311 e. The molecule has 0 fully saturated rings. The molecule has 0 saturated heterocycles. The van der Waals surface area contributed by atoms with Crippen molar-refractivity contribution in [3.63, 3.8) is 0 Å². The van der Waals surface area contributed by atoms with E-state index in [0.29, 0.717) is 5.56 Å². The Morgan fingerprint density at radius 2 is 2.27 bits per heavy atom. The minimum absolute atomic E-state index is 0.160. The molecular weight excluding hydrogens is 213 g/mol. The van der Waals surface area contributed by atoms with Crippen LogP contribution in [0.1, 0.15) is 19.4 Å². The highest BCUT2D eigenvalue weighted by Crippen LogP contribution is 2.18. The van der Waals surface area contributed by atoms with Gasteiger partial charge in [-0.2, -0.15) is 0 Å². The van der Waals surface area contributed by atoms with Gasteiger partial charge in [-0.3, -0.25) is 0 Å². The Bertz CT molecular complexity index is 349. The molecule has 0 aliphatic rings. The maximum absolute atomic E-state index is 13.4. The molecule has 0 aliphatic carbocycles. The molecule has 15 heavy (non-hydrogen) atoms. The maximum Gasteiger partial charge on any atom is 0.148 e. The van der Waals surface area contributed by atoms with Crippen LogP contribution < -0.4 is 5.32 Å². The SMILES string of the molecule is CCNC(C)/C=C/c1cccc(Cl)c1F. The van der Waals surface area contributed by atoms with Gasteiger partial charge in [-0.05, 0) is 19.5 Å². The lowest BCUT2D eigenvalue weighted by Gasteiger charge is -2.06. The largest absolute Gasteiger partial charge is 0.311 e. The van der Waals surface area contributed by atoms with E-state index >= 15 is 0 Å². The Morgan fingerprint density at radius 1 is 1.53 bits per heavy atom. The molecule has 0 aliphatic heterocycles. The summed E-state index contributed by atoms with van der Waals surface area (Å²) in [5, 5.41) is 3.37. The number of hydrogen-bond donors (Lipinski definition) is 1. The molecule has 82 valence electrons. The number of halogens is 2. The van der Waals surface area contributed by atoms with Crippen molar-refractivity contribution >= 4 is 17.7 Å². The third kappa shape index (κ3) is 3.65. The number of likely N-dealkylation sites (N-methyl/N-ethyl adjacent to an activating group) is 1. The van der Waals surface area contributed by atoms with Gasteiger partial charge in [-0.15, -0.1) is 0 Å². The molecule has 1 unspecified atom stereocenters. The van der Waals surface area contributed by atoms with Crippen LogP contribution in [0, 0.1) is 5.82 Å². The van der Waals surface area contributed by atoms with Crippen LogP contribution in [0.2, 0.25) is 5.02 Å². The molecule has 1 atom stereocenters. The van der Waals surface area contributed by atoms with E-state index in [1.807, 2.05) is 19.9 Å². The summed E-state index contributed by atoms with van der Waals surface area (Å²) in [4.78, 5) is 0. The van der Waals surface area contributed by atoms with Gasteiger partial charge in [-0.25, -0.2) is 4.39 Å². The van der Waals surface area contributed by atoms with Gasteiger partial charge >= 0.3 is 0 Å². The van der Waals surface area contributed by atoms with E-state index in [-0.39, 0.29) is 16.9 Å². The van der Waals surface area contributed by atoms with Crippen LogP contribution in [-0.4, -0.2) is 12.6 Å². The van der Waals surface area contributed by atoms with E-state index in [4.69, 9.17) is 11.6 Å². The van der Waals surface area contributed by atoms with Crippen molar-refractivity contribution in [1.82, 2.24) is 5.32 Å². The zero-order valence-corrected chi connectivity index (χ0v) is 9.68. The average molecular weight is 228 g/mol. The monoisotopic (exact) mass is 227 g/mol. The van der Waals surface area contributed by atoms with E-state index in [0.717, 1.165) is 6.54 Å². The third-order valence-electron chi connectivity index (χ3n) is 2.07. The zero-order valence-electron chi connectivity index (χ0n) is 8.93. The Hall–Kier alpha value is -0.860. The first-order valence-corrected chi connectivity index (χ1v) is 5.38. The Kier molecular flexibility index (Phi) is 4.79. The van der Waals surface area contributed by atoms with Crippen LogP contribution >= 0.6 is 11.6 Å². The summed E-state index contributed by atoms with van der Waals surface area (Å²) in [5.74, 6) is -0.362. The van der Waals surface area contributed by atoms with E-state index in [2.05, 4.69) is 5.32 Å². The van der Waals surface area contributed by atoms with Crippen molar-refractivity contribution in [1.29, 1.82) is 0 Å². The Morgan fingerprint density at radius 3 is 2.93 bits per heavy atom. The lowest BCUT2D eigenvalue weighted by Crippen LogP contribution is -2.22. The van der Waals surface area contributed by atoms with Crippen molar-refractivity contribution in [3.05, 3.63) is 40.7 Å². The van der Waals surface area contributed by atoms with Crippen molar-refractivity contribution < 1.29 is 4.39 Å². The summed E-state index contributed by atoms with van der Waals surface area (Å²) in [6.07, 6.45) is 3.66. The minimum atomic E-state index is -0.362. The fourth-order valence-electron chi connectivity index (χ4n) is 1.29. The molecule has 0 saturated carbocycles. The molecular formula is C12H15ClFN. The van der Waals surface area contributed by atoms with Crippen LogP contribution in [0.3, 0.4) is 0 Å². The average Bonchev–Trinajstić information content (AvgIpc) is 2.21. The van der Waals surface area contributed by atoms with Crippen LogP contribution in [0.25, 0.3) is 6.08 Å². The van der Waals surface area contributed by atoms with Crippen molar-refractivity contribution in [2.24, 2.45) is 0 Å². The van der Waals surface area contributed by atoms with E-state index in [1.165, 1.54) is 0 Å². The molecule has 1 aromatic carbocycles. The smallest absolute Gasteiger partial charge is 0.148 e. The number of hydrogen-bond acceptors (Lipinski definition) is 1. The van der Waals surface area contributed by atoms with Gasteiger partial charge in [0.25, 0.3) is 0 Å². The van der Waals surface area contributed by atoms with Gasteiger partial charge in [0.2, 0.25) is 0 Å². The number of benzene rings is 1. The lowest BCUT2D eigenvalue weighted by atomic mass is 10.1. The van der Waals surface area contributed by atoms with E-state index in [9.17, 15) is 4.39 Å². The lowest BCUT2D eigenvalue weighted by molar-refractivity contribution is 0.625. The topological polar surface area (TPSA) is 12.0 Å². The zero-order chi connectivity index (χ0) is 11.3. The first-order chi connectivity index (χ1) is 7.15. The first kappa shape index (κ1) is 12.2. The number of rotatable bonds is 4. The fraction of sp³-hybridized carbons (Fsp3) is 0.333.